The molecule has 0 amide bonds. The monoisotopic (exact) mass is 287 g/mol. The van der Waals surface area contributed by atoms with Crippen LogP contribution in [0, 0.1) is 13.8 Å². The van der Waals surface area contributed by atoms with Gasteiger partial charge in [0.05, 0.1) is 11.3 Å². The number of rotatable bonds is 5. The molecular formula is C16H21N3O2. The second-order valence-corrected chi connectivity index (χ2v) is 5.50. The van der Waals surface area contributed by atoms with Crippen molar-refractivity contribution in [2.24, 2.45) is 0 Å². The molecule has 1 aromatic carbocycles. The van der Waals surface area contributed by atoms with Crippen molar-refractivity contribution in [2.45, 2.75) is 20.3 Å². The van der Waals surface area contributed by atoms with Crippen LogP contribution in [0.2, 0.25) is 0 Å². The third kappa shape index (κ3) is 2.88. The van der Waals surface area contributed by atoms with Gasteiger partial charge >= 0.3 is 0 Å². The summed E-state index contributed by atoms with van der Waals surface area (Å²) in [5.74, 6) is 1.62. The van der Waals surface area contributed by atoms with Crippen LogP contribution in [0.3, 0.4) is 0 Å². The molecule has 1 fully saturated rings. The van der Waals surface area contributed by atoms with E-state index in [4.69, 9.17) is 15.0 Å². The predicted molar refractivity (Wildman–Crippen MR) is 82.4 cm³/mol. The van der Waals surface area contributed by atoms with Gasteiger partial charge < -0.3 is 15.0 Å². The number of aryl methyl sites for hydroxylation is 2. The van der Waals surface area contributed by atoms with Gasteiger partial charge in [-0.2, -0.15) is 0 Å². The largest absolute Gasteiger partial charge is 0.492 e. The van der Waals surface area contributed by atoms with Crippen molar-refractivity contribution < 1.29 is 9.26 Å². The van der Waals surface area contributed by atoms with Gasteiger partial charge in [-0.25, -0.2) is 0 Å². The van der Waals surface area contributed by atoms with Crippen LogP contribution in [0.4, 0.5) is 5.69 Å². The third-order valence-corrected chi connectivity index (χ3v) is 3.92. The number of nitrogens with zero attached hydrogens (tertiary/aromatic N) is 2. The molecule has 1 aliphatic heterocycles. The highest BCUT2D eigenvalue weighted by Gasteiger charge is 2.17. The van der Waals surface area contributed by atoms with E-state index in [9.17, 15) is 0 Å². The SMILES string of the molecule is Cc1noc(C)c1-c1cc(N)ccc1OCCN1CCC1. The highest BCUT2D eigenvalue weighted by atomic mass is 16.5. The number of nitrogens with two attached hydrogens (primary N) is 1. The third-order valence-electron chi connectivity index (χ3n) is 3.92. The first-order valence-corrected chi connectivity index (χ1v) is 7.33. The van der Waals surface area contributed by atoms with Gasteiger partial charge in [0.1, 0.15) is 18.1 Å². The first-order valence-electron chi connectivity index (χ1n) is 7.33. The summed E-state index contributed by atoms with van der Waals surface area (Å²) in [7, 11) is 0. The van der Waals surface area contributed by atoms with Crippen molar-refractivity contribution in [3.8, 4) is 16.9 Å². The summed E-state index contributed by atoms with van der Waals surface area (Å²) in [5.41, 5.74) is 9.41. The number of ether oxygens (including phenoxy) is 1. The molecular weight excluding hydrogens is 266 g/mol. The minimum Gasteiger partial charge on any atom is -0.492 e. The Bertz CT molecular complexity index is 613. The molecule has 3 rings (SSSR count). The summed E-state index contributed by atoms with van der Waals surface area (Å²) in [6.07, 6.45) is 1.30. The second kappa shape index (κ2) is 5.77. The molecule has 0 radical (unpaired) electrons. The average Bonchev–Trinajstić information content (AvgIpc) is 2.73. The number of hydrogen-bond donors (Lipinski definition) is 1. The molecule has 5 nitrogen and oxygen atoms in total. The van der Waals surface area contributed by atoms with Gasteiger partial charge in [-0.3, -0.25) is 4.90 Å². The molecule has 2 heterocycles. The van der Waals surface area contributed by atoms with E-state index in [0.29, 0.717) is 12.3 Å². The van der Waals surface area contributed by atoms with Gasteiger partial charge in [-0.1, -0.05) is 5.16 Å². The molecule has 0 aliphatic carbocycles. The highest BCUT2D eigenvalue weighted by Crippen LogP contribution is 2.36. The Morgan fingerprint density at radius 1 is 1.33 bits per heavy atom. The Balaban J connectivity index is 1.82. The van der Waals surface area contributed by atoms with Crippen LogP contribution < -0.4 is 10.5 Å². The van der Waals surface area contributed by atoms with Gasteiger partial charge in [0.25, 0.3) is 0 Å². The Morgan fingerprint density at radius 3 is 2.76 bits per heavy atom. The van der Waals surface area contributed by atoms with E-state index in [1.165, 1.54) is 19.5 Å². The van der Waals surface area contributed by atoms with E-state index >= 15 is 0 Å². The number of benzene rings is 1. The number of nitrogen functional groups attached to an aromatic ring is 1. The fraction of sp³-hybridized carbons (Fsp3) is 0.438. The van der Waals surface area contributed by atoms with Crippen molar-refractivity contribution in [1.29, 1.82) is 0 Å². The van der Waals surface area contributed by atoms with Crippen LogP contribution in [-0.4, -0.2) is 36.3 Å². The topological polar surface area (TPSA) is 64.5 Å². The minimum absolute atomic E-state index is 0.681. The van der Waals surface area contributed by atoms with E-state index in [-0.39, 0.29) is 0 Å². The molecule has 1 aromatic heterocycles. The van der Waals surface area contributed by atoms with Crippen LogP contribution in [0.15, 0.2) is 22.7 Å². The number of anilines is 1. The van der Waals surface area contributed by atoms with E-state index < -0.39 is 0 Å². The summed E-state index contributed by atoms with van der Waals surface area (Å²) in [6, 6.07) is 5.71. The Kier molecular flexibility index (Phi) is 3.84. The fourth-order valence-corrected chi connectivity index (χ4v) is 2.63. The van der Waals surface area contributed by atoms with E-state index in [1.54, 1.807) is 0 Å². The zero-order valence-corrected chi connectivity index (χ0v) is 12.6. The van der Waals surface area contributed by atoms with Gasteiger partial charge in [0.15, 0.2) is 0 Å². The Morgan fingerprint density at radius 2 is 2.14 bits per heavy atom. The maximum atomic E-state index is 5.97. The number of aromatic nitrogens is 1. The summed E-state index contributed by atoms with van der Waals surface area (Å²) in [4.78, 5) is 2.38. The molecule has 2 N–H and O–H groups in total. The molecule has 0 atom stereocenters. The van der Waals surface area contributed by atoms with Crippen molar-refractivity contribution >= 4 is 5.69 Å². The summed E-state index contributed by atoms with van der Waals surface area (Å²) < 4.78 is 11.2. The Labute approximate surface area is 124 Å². The first kappa shape index (κ1) is 13.9. The summed E-state index contributed by atoms with van der Waals surface area (Å²) >= 11 is 0. The van der Waals surface area contributed by atoms with E-state index in [2.05, 4.69) is 10.1 Å². The smallest absolute Gasteiger partial charge is 0.141 e. The van der Waals surface area contributed by atoms with Crippen LogP contribution in [-0.2, 0) is 0 Å². The predicted octanol–water partition coefficient (Wildman–Crippen LogP) is 2.63. The van der Waals surface area contributed by atoms with E-state index in [0.717, 1.165) is 34.9 Å². The van der Waals surface area contributed by atoms with Crippen LogP contribution in [0.5, 0.6) is 5.75 Å². The van der Waals surface area contributed by atoms with Crippen LogP contribution >= 0.6 is 0 Å². The quantitative estimate of drug-likeness (QED) is 0.856. The summed E-state index contributed by atoms with van der Waals surface area (Å²) in [6.45, 7) is 7.84. The summed E-state index contributed by atoms with van der Waals surface area (Å²) in [5, 5.41) is 4.01. The Hall–Kier alpha value is -2.01. The molecule has 0 bridgehead atoms. The molecule has 5 heteroatoms. The van der Waals surface area contributed by atoms with Gasteiger partial charge in [-0.15, -0.1) is 0 Å². The first-order chi connectivity index (χ1) is 10.1. The zero-order valence-electron chi connectivity index (χ0n) is 12.6. The maximum absolute atomic E-state index is 5.97. The standard InChI is InChI=1S/C16H21N3O2/c1-11-16(12(2)21-18-11)14-10-13(17)4-5-15(14)20-9-8-19-6-3-7-19/h4-5,10H,3,6-9,17H2,1-2H3. The van der Waals surface area contributed by atoms with Crippen molar-refractivity contribution in [1.82, 2.24) is 10.1 Å². The van der Waals surface area contributed by atoms with E-state index in [1.807, 2.05) is 32.0 Å². The normalized spacial score (nSPS) is 15.0. The second-order valence-electron chi connectivity index (χ2n) is 5.50. The van der Waals surface area contributed by atoms with Crippen molar-refractivity contribution in [3.05, 3.63) is 29.7 Å². The molecule has 0 spiro atoms. The zero-order chi connectivity index (χ0) is 14.8. The van der Waals surface area contributed by atoms with Crippen molar-refractivity contribution in [3.63, 3.8) is 0 Å². The van der Waals surface area contributed by atoms with Gasteiger partial charge in [-0.05, 0) is 51.6 Å². The lowest BCUT2D eigenvalue weighted by molar-refractivity contribution is 0.147. The number of hydrogen-bond acceptors (Lipinski definition) is 5. The number of likely N-dealkylation sites (tertiary alicyclic amines) is 1. The lowest BCUT2D eigenvalue weighted by atomic mass is 10.0. The molecule has 1 aliphatic rings. The average molecular weight is 287 g/mol. The highest BCUT2D eigenvalue weighted by molar-refractivity contribution is 5.76. The molecule has 112 valence electrons. The lowest BCUT2D eigenvalue weighted by Crippen LogP contribution is -2.39. The fourth-order valence-electron chi connectivity index (χ4n) is 2.63. The molecule has 1 saturated heterocycles. The van der Waals surface area contributed by atoms with Crippen LogP contribution in [0.1, 0.15) is 17.9 Å². The molecule has 0 saturated carbocycles. The van der Waals surface area contributed by atoms with Crippen LogP contribution in [0.25, 0.3) is 11.1 Å². The van der Waals surface area contributed by atoms with Gasteiger partial charge in [0.2, 0.25) is 0 Å². The molecule has 2 aromatic rings. The minimum atomic E-state index is 0.681. The lowest BCUT2D eigenvalue weighted by Gasteiger charge is -2.30. The van der Waals surface area contributed by atoms with Crippen molar-refractivity contribution in [2.75, 3.05) is 32.0 Å². The molecule has 21 heavy (non-hydrogen) atoms. The van der Waals surface area contributed by atoms with Gasteiger partial charge in [0, 0.05) is 17.8 Å². The maximum Gasteiger partial charge on any atom is 0.141 e. The molecule has 0 unspecified atom stereocenters.